The summed E-state index contributed by atoms with van der Waals surface area (Å²) in [7, 11) is 0. The van der Waals surface area contributed by atoms with Crippen molar-refractivity contribution in [3.8, 4) is 11.1 Å². The van der Waals surface area contributed by atoms with E-state index in [9.17, 15) is 5.11 Å². The van der Waals surface area contributed by atoms with Crippen molar-refractivity contribution >= 4 is 0 Å². The standard InChI is InChI=1S/C18H19NO/c20-17(12-9-10-12)11-19-18-15-7-3-1-5-13(15)14-6-2-4-8-16(14)18/h1-8,12,17-20H,9-11H2. The molecular formula is C18H19NO. The number of benzene rings is 2. The molecule has 0 radical (unpaired) electrons. The first-order chi connectivity index (χ1) is 9.84. The molecule has 2 heteroatoms. The summed E-state index contributed by atoms with van der Waals surface area (Å²) in [6.45, 7) is 0.679. The smallest absolute Gasteiger partial charge is 0.0693 e. The zero-order chi connectivity index (χ0) is 13.5. The molecule has 20 heavy (non-hydrogen) atoms. The number of rotatable bonds is 4. The molecule has 0 heterocycles. The fraction of sp³-hybridized carbons (Fsp3) is 0.333. The number of hydrogen-bond acceptors (Lipinski definition) is 2. The first kappa shape index (κ1) is 12.1. The van der Waals surface area contributed by atoms with Crippen molar-refractivity contribution in [1.29, 1.82) is 0 Å². The van der Waals surface area contributed by atoms with Crippen LogP contribution in [0.5, 0.6) is 0 Å². The number of aliphatic hydroxyl groups excluding tert-OH is 1. The second kappa shape index (κ2) is 4.72. The normalized spacial score (nSPS) is 18.6. The van der Waals surface area contributed by atoms with Gasteiger partial charge in [-0.25, -0.2) is 0 Å². The molecule has 2 nitrogen and oxygen atoms in total. The monoisotopic (exact) mass is 265 g/mol. The number of fused-ring (bicyclic) bond motifs is 3. The number of hydrogen-bond donors (Lipinski definition) is 2. The van der Waals surface area contributed by atoms with E-state index in [1.54, 1.807) is 0 Å². The van der Waals surface area contributed by atoms with E-state index < -0.39 is 0 Å². The van der Waals surface area contributed by atoms with Gasteiger partial charge < -0.3 is 10.4 Å². The molecule has 1 saturated carbocycles. The quantitative estimate of drug-likeness (QED) is 0.890. The summed E-state index contributed by atoms with van der Waals surface area (Å²) in [6.07, 6.45) is 2.16. The van der Waals surface area contributed by atoms with Gasteiger partial charge in [0, 0.05) is 6.54 Å². The van der Waals surface area contributed by atoms with Crippen LogP contribution in [-0.2, 0) is 0 Å². The molecule has 2 N–H and O–H groups in total. The predicted octanol–water partition coefficient (Wildman–Crippen LogP) is 3.12. The maximum atomic E-state index is 10.1. The van der Waals surface area contributed by atoms with Crippen LogP contribution in [0.3, 0.4) is 0 Å². The maximum absolute atomic E-state index is 10.1. The van der Waals surface area contributed by atoms with Crippen LogP contribution in [0.15, 0.2) is 48.5 Å². The summed E-state index contributed by atoms with van der Waals surface area (Å²) in [6, 6.07) is 17.4. The van der Waals surface area contributed by atoms with E-state index >= 15 is 0 Å². The van der Waals surface area contributed by atoms with Gasteiger partial charge in [-0.1, -0.05) is 48.5 Å². The average molecular weight is 265 g/mol. The Kier molecular flexibility index (Phi) is 2.86. The van der Waals surface area contributed by atoms with Gasteiger partial charge in [0.1, 0.15) is 0 Å². The third-order valence-corrected chi connectivity index (χ3v) is 4.53. The van der Waals surface area contributed by atoms with Crippen molar-refractivity contribution in [2.24, 2.45) is 5.92 Å². The molecular weight excluding hydrogens is 246 g/mol. The van der Waals surface area contributed by atoms with Crippen LogP contribution >= 0.6 is 0 Å². The Balaban J connectivity index is 1.64. The Hall–Kier alpha value is -1.64. The van der Waals surface area contributed by atoms with Crippen molar-refractivity contribution in [1.82, 2.24) is 5.32 Å². The van der Waals surface area contributed by atoms with Crippen molar-refractivity contribution in [2.75, 3.05) is 6.54 Å². The molecule has 1 fully saturated rings. The van der Waals surface area contributed by atoms with Gasteiger partial charge in [-0.05, 0) is 41.0 Å². The highest BCUT2D eigenvalue weighted by atomic mass is 16.3. The SMILES string of the molecule is OC(CNC1c2ccccc2-c2ccccc21)C1CC1. The summed E-state index contributed by atoms with van der Waals surface area (Å²) in [5, 5.41) is 13.6. The highest BCUT2D eigenvalue weighted by molar-refractivity contribution is 5.78. The lowest BCUT2D eigenvalue weighted by Gasteiger charge is -2.18. The summed E-state index contributed by atoms with van der Waals surface area (Å²) in [5.41, 5.74) is 5.30. The van der Waals surface area contributed by atoms with E-state index in [0.29, 0.717) is 12.5 Å². The summed E-state index contributed by atoms with van der Waals surface area (Å²) < 4.78 is 0. The van der Waals surface area contributed by atoms with E-state index in [0.717, 1.165) is 0 Å². The minimum Gasteiger partial charge on any atom is -0.392 e. The fourth-order valence-corrected chi connectivity index (χ4v) is 3.26. The van der Waals surface area contributed by atoms with Gasteiger partial charge in [-0.3, -0.25) is 0 Å². The lowest BCUT2D eigenvalue weighted by Crippen LogP contribution is -2.31. The zero-order valence-electron chi connectivity index (χ0n) is 11.4. The van der Waals surface area contributed by atoms with Gasteiger partial charge in [0.25, 0.3) is 0 Å². The highest BCUT2D eigenvalue weighted by Gasteiger charge is 2.32. The second-order valence-corrected chi connectivity index (χ2v) is 5.92. The van der Waals surface area contributed by atoms with Crippen LogP contribution in [0.4, 0.5) is 0 Å². The van der Waals surface area contributed by atoms with Crippen LogP contribution in [0, 0.1) is 5.92 Å². The van der Waals surface area contributed by atoms with Gasteiger partial charge in [0.05, 0.1) is 12.1 Å². The third-order valence-electron chi connectivity index (χ3n) is 4.53. The molecule has 0 spiro atoms. The molecule has 0 bridgehead atoms. The third kappa shape index (κ3) is 1.96. The van der Waals surface area contributed by atoms with Gasteiger partial charge in [-0.15, -0.1) is 0 Å². The van der Waals surface area contributed by atoms with Crippen molar-refractivity contribution < 1.29 is 5.11 Å². The van der Waals surface area contributed by atoms with Gasteiger partial charge in [0.2, 0.25) is 0 Å². The van der Waals surface area contributed by atoms with E-state index in [4.69, 9.17) is 0 Å². The minimum absolute atomic E-state index is 0.199. The Bertz CT molecular complexity index is 587. The molecule has 1 unspecified atom stereocenters. The number of aliphatic hydroxyl groups is 1. The van der Waals surface area contributed by atoms with Crippen molar-refractivity contribution in [2.45, 2.75) is 25.0 Å². The molecule has 2 aromatic rings. The van der Waals surface area contributed by atoms with E-state index in [2.05, 4.69) is 53.8 Å². The first-order valence-corrected chi connectivity index (χ1v) is 7.44. The molecule has 4 rings (SSSR count). The van der Waals surface area contributed by atoms with Crippen LogP contribution in [0.25, 0.3) is 11.1 Å². The largest absolute Gasteiger partial charge is 0.392 e. The highest BCUT2D eigenvalue weighted by Crippen LogP contribution is 2.43. The van der Waals surface area contributed by atoms with Crippen LogP contribution in [0.1, 0.15) is 30.0 Å². The van der Waals surface area contributed by atoms with Crippen LogP contribution in [-0.4, -0.2) is 17.8 Å². The zero-order valence-corrected chi connectivity index (χ0v) is 11.4. The second-order valence-electron chi connectivity index (χ2n) is 5.92. The van der Waals surface area contributed by atoms with Crippen molar-refractivity contribution in [3.63, 3.8) is 0 Å². The molecule has 102 valence electrons. The van der Waals surface area contributed by atoms with Crippen molar-refractivity contribution in [3.05, 3.63) is 59.7 Å². The van der Waals surface area contributed by atoms with Gasteiger partial charge in [0.15, 0.2) is 0 Å². The summed E-state index contributed by atoms with van der Waals surface area (Å²) in [4.78, 5) is 0. The van der Waals surface area contributed by atoms with Gasteiger partial charge in [-0.2, -0.15) is 0 Å². The molecule has 0 aliphatic heterocycles. The molecule has 2 aromatic carbocycles. The van der Waals surface area contributed by atoms with Crippen LogP contribution in [0.2, 0.25) is 0 Å². The molecule has 1 atom stereocenters. The Morgan fingerprint density at radius 2 is 1.50 bits per heavy atom. The summed E-state index contributed by atoms with van der Waals surface area (Å²) in [5.74, 6) is 0.523. The molecule has 2 aliphatic carbocycles. The van der Waals surface area contributed by atoms with E-state index in [-0.39, 0.29) is 12.1 Å². The molecule has 0 amide bonds. The predicted molar refractivity (Wildman–Crippen MR) is 80.5 cm³/mol. The molecule has 2 aliphatic rings. The average Bonchev–Trinajstić information content (AvgIpc) is 3.29. The lowest BCUT2D eigenvalue weighted by atomic mass is 10.0. The van der Waals surface area contributed by atoms with E-state index in [1.807, 2.05) is 0 Å². The van der Waals surface area contributed by atoms with Crippen LogP contribution < -0.4 is 5.32 Å². The number of nitrogens with one attached hydrogen (secondary N) is 1. The summed E-state index contributed by atoms with van der Waals surface area (Å²) >= 11 is 0. The first-order valence-electron chi connectivity index (χ1n) is 7.44. The lowest BCUT2D eigenvalue weighted by molar-refractivity contribution is 0.146. The Labute approximate surface area is 119 Å². The minimum atomic E-state index is -0.199. The Morgan fingerprint density at radius 3 is 2.05 bits per heavy atom. The maximum Gasteiger partial charge on any atom is 0.0693 e. The molecule has 0 aromatic heterocycles. The molecule has 0 saturated heterocycles. The fourth-order valence-electron chi connectivity index (χ4n) is 3.26. The topological polar surface area (TPSA) is 32.3 Å². The Morgan fingerprint density at radius 1 is 0.950 bits per heavy atom. The van der Waals surface area contributed by atoms with E-state index in [1.165, 1.54) is 35.1 Å². The van der Waals surface area contributed by atoms with Gasteiger partial charge >= 0.3 is 0 Å².